The van der Waals surface area contributed by atoms with E-state index in [1.807, 2.05) is 42.2 Å². The standard InChI is InChI=1S/C17H26N2O2/c1-13(16(18)15-8-4-3-5-9-15)17(20)19-10-6-7-14(11-19)12-21-2/h3-5,8-9,13-14,16H,6-7,10-12,18H2,1-2H3. The van der Waals surface area contributed by atoms with Gasteiger partial charge in [-0.05, 0) is 24.3 Å². The molecule has 1 aromatic carbocycles. The molecule has 0 bridgehead atoms. The fraction of sp³-hybridized carbons (Fsp3) is 0.588. The van der Waals surface area contributed by atoms with E-state index in [4.69, 9.17) is 10.5 Å². The molecule has 1 amide bonds. The number of likely N-dealkylation sites (tertiary alicyclic amines) is 1. The van der Waals surface area contributed by atoms with Crippen molar-refractivity contribution in [1.82, 2.24) is 4.90 Å². The van der Waals surface area contributed by atoms with Gasteiger partial charge in [-0.3, -0.25) is 4.79 Å². The SMILES string of the molecule is COCC1CCCN(C(=O)C(C)C(N)c2ccccc2)C1. The van der Waals surface area contributed by atoms with Crippen LogP contribution in [-0.4, -0.2) is 37.6 Å². The molecule has 116 valence electrons. The summed E-state index contributed by atoms with van der Waals surface area (Å²) in [7, 11) is 1.72. The van der Waals surface area contributed by atoms with Gasteiger partial charge in [0.25, 0.3) is 0 Å². The smallest absolute Gasteiger partial charge is 0.227 e. The number of hydrogen-bond donors (Lipinski definition) is 1. The molecule has 4 heteroatoms. The summed E-state index contributed by atoms with van der Waals surface area (Å²) >= 11 is 0. The van der Waals surface area contributed by atoms with Gasteiger partial charge >= 0.3 is 0 Å². The zero-order chi connectivity index (χ0) is 15.2. The zero-order valence-corrected chi connectivity index (χ0v) is 13.0. The maximum atomic E-state index is 12.7. The van der Waals surface area contributed by atoms with Gasteiger partial charge in [-0.25, -0.2) is 0 Å². The number of amides is 1. The molecule has 0 aliphatic carbocycles. The third kappa shape index (κ3) is 4.05. The summed E-state index contributed by atoms with van der Waals surface area (Å²) in [4.78, 5) is 14.6. The highest BCUT2D eigenvalue weighted by Crippen LogP contribution is 2.24. The summed E-state index contributed by atoms with van der Waals surface area (Å²) < 4.78 is 5.22. The summed E-state index contributed by atoms with van der Waals surface area (Å²) in [5, 5.41) is 0. The number of methoxy groups -OCH3 is 1. The Morgan fingerprint density at radius 2 is 2.14 bits per heavy atom. The molecule has 0 spiro atoms. The Bertz CT molecular complexity index is 447. The van der Waals surface area contributed by atoms with Crippen molar-refractivity contribution < 1.29 is 9.53 Å². The average Bonchev–Trinajstić information content (AvgIpc) is 2.54. The molecule has 1 heterocycles. The molecule has 0 radical (unpaired) electrons. The molecule has 4 nitrogen and oxygen atoms in total. The monoisotopic (exact) mass is 290 g/mol. The second kappa shape index (κ2) is 7.57. The molecule has 2 N–H and O–H groups in total. The number of piperidine rings is 1. The lowest BCUT2D eigenvalue weighted by molar-refractivity contribution is -0.138. The van der Waals surface area contributed by atoms with Gasteiger partial charge in [0.1, 0.15) is 0 Å². The number of carbonyl (C=O) groups is 1. The van der Waals surface area contributed by atoms with E-state index in [1.54, 1.807) is 7.11 Å². The molecular weight excluding hydrogens is 264 g/mol. The first-order valence-corrected chi connectivity index (χ1v) is 7.71. The Morgan fingerprint density at radius 1 is 1.43 bits per heavy atom. The molecule has 3 atom stereocenters. The minimum atomic E-state index is -0.249. The lowest BCUT2D eigenvalue weighted by Crippen LogP contribution is -2.45. The van der Waals surface area contributed by atoms with Crippen LogP contribution in [0.3, 0.4) is 0 Å². The van der Waals surface area contributed by atoms with E-state index in [1.165, 1.54) is 0 Å². The Hall–Kier alpha value is -1.39. The van der Waals surface area contributed by atoms with E-state index in [2.05, 4.69) is 0 Å². The fourth-order valence-electron chi connectivity index (χ4n) is 3.04. The minimum absolute atomic E-state index is 0.159. The summed E-state index contributed by atoms with van der Waals surface area (Å²) in [5.41, 5.74) is 7.28. The van der Waals surface area contributed by atoms with Crippen LogP contribution >= 0.6 is 0 Å². The third-order valence-corrected chi connectivity index (χ3v) is 4.35. The van der Waals surface area contributed by atoms with Gasteiger partial charge in [0.2, 0.25) is 5.91 Å². The molecule has 0 aromatic heterocycles. The molecule has 3 unspecified atom stereocenters. The van der Waals surface area contributed by atoms with Gasteiger partial charge < -0.3 is 15.4 Å². The van der Waals surface area contributed by atoms with Crippen LogP contribution in [0.15, 0.2) is 30.3 Å². The van der Waals surface area contributed by atoms with Crippen LogP contribution < -0.4 is 5.73 Å². The summed E-state index contributed by atoms with van der Waals surface area (Å²) in [5.74, 6) is 0.411. The number of benzene rings is 1. The lowest BCUT2D eigenvalue weighted by atomic mass is 9.92. The zero-order valence-electron chi connectivity index (χ0n) is 13.0. The van der Waals surface area contributed by atoms with Gasteiger partial charge in [-0.2, -0.15) is 0 Å². The number of rotatable bonds is 5. The molecule has 0 saturated carbocycles. The van der Waals surface area contributed by atoms with E-state index in [9.17, 15) is 4.79 Å². The molecule has 21 heavy (non-hydrogen) atoms. The van der Waals surface area contributed by atoms with Gasteiger partial charge in [0.15, 0.2) is 0 Å². The Morgan fingerprint density at radius 3 is 2.81 bits per heavy atom. The number of hydrogen-bond acceptors (Lipinski definition) is 3. The molecule has 1 aliphatic rings. The second-order valence-corrected chi connectivity index (χ2v) is 5.97. The molecule has 1 saturated heterocycles. The van der Waals surface area contributed by atoms with Crippen molar-refractivity contribution in [2.45, 2.75) is 25.8 Å². The van der Waals surface area contributed by atoms with Gasteiger partial charge in [-0.15, -0.1) is 0 Å². The van der Waals surface area contributed by atoms with Crippen molar-refractivity contribution in [2.75, 3.05) is 26.8 Å². The molecule has 1 aliphatic heterocycles. The maximum absolute atomic E-state index is 12.7. The highest BCUT2D eigenvalue weighted by atomic mass is 16.5. The molecule has 2 rings (SSSR count). The van der Waals surface area contributed by atoms with E-state index in [0.29, 0.717) is 5.92 Å². The largest absolute Gasteiger partial charge is 0.384 e. The van der Waals surface area contributed by atoms with E-state index in [0.717, 1.165) is 38.1 Å². The van der Waals surface area contributed by atoms with Gasteiger partial charge in [-0.1, -0.05) is 37.3 Å². The Labute approximate surface area is 127 Å². The first kappa shape index (κ1) is 16.0. The maximum Gasteiger partial charge on any atom is 0.227 e. The van der Waals surface area contributed by atoms with Crippen LogP contribution in [0.5, 0.6) is 0 Å². The Kier molecular flexibility index (Phi) is 5.76. The van der Waals surface area contributed by atoms with E-state index >= 15 is 0 Å². The van der Waals surface area contributed by atoms with Gasteiger partial charge in [0, 0.05) is 26.2 Å². The molecule has 1 aromatic rings. The van der Waals surface area contributed by atoms with Crippen LogP contribution in [0.4, 0.5) is 0 Å². The summed E-state index contributed by atoms with van der Waals surface area (Å²) in [6.07, 6.45) is 2.18. The third-order valence-electron chi connectivity index (χ3n) is 4.35. The van der Waals surface area contributed by atoms with Crippen LogP contribution in [0.25, 0.3) is 0 Å². The van der Waals surface area contributed by atoms with Crippen LogP contribution in [-0.2, 0) is 9.53 Å². The lowest BCUT2D eigenvalue weighted by Gasteiger charge is -2.35. The van der Waals surface area contributed by atoms with Crippen molar-refractivity contribution in [1.29, 1.82) is 0 Å². The summed E-state index contributed by atoms with van der Waals surface area (Å²) in [6, 6.07) is 9.60. The van der Waals surface area contributed by atoms with E-state index < -0.39 is 0 Å². The fourth-order valence-corrected chi connectivity index (χ4v) is 3.04. The average molecular weight is 290 g/mol. The van der Waals surface area contributed by atoms with Crippen molar-refractivity contribution in [2.24, 2.45) is 17.6 Å². The van der Waals surface area contributed by atoms with Crippen LogP contribution in [0.2, 0.25) is 0 Å². The van der Waals surface area contributed by atoms with Crippen molar-refractivity contribution in [3.8, 4) is 0 Å². The normalized spacial score (nSPS) is 21.9. The van der Waals surface area contributed by atoms with Crippen LogP contribution in [0.1, 0.15) is 31.4 Å². The topological polar surface area (TPSA) is 55.6 Å². The predicted molar refractivity (Wildman–Crippen MR) is 83.7 cm³/mol. The number of carbonyl (C=O) groups excluding carboxylic acids is 1. The summed E-state index contributed by atoms with van der Waals surface area (Å²) in [6.45, 7) is 4.28. The molecule has 1 fully saturated rings. The van der Waals surface area contributed by atoms with E-state index in [-0.39, 0.29) is 17.9 Å². The second-order valence-electron chi connectivity index (χ2n) is 5.97. The number of nitrogens with two attached hydrogens (primary N) is 1. The first-order chi connectivity index (χ1) is 10.1. The van der Waals surface area contributed by atoms with Crippen molar-refractivity contribution in [3.63, 3.8) is 0 Å². The van der Waals surface area contributed by atoms with Crippen molar-refractivity contribution in [3.05, 3.63) is 35.9 Å². The quantitative estimate of drug-likeness (QED) is 0.904. The number of nitrogens with zero attached hydrogens (tertiary/aromatic N) is 1. The Balaban J connectivity index is 1.98. The first-order valence-electron chi connectivity index (χ1n) is 7.71. The highest BCUT2D eigenvalue weighted by Gasteiger charge is 2.30. The van der Waals surface area contributed by atoms with Crippen molar-refractivity contribution >= 4 is 5.91 Å². The highest BCUT2D eigenvalue weighted by molar-refractivity contribution is 5.79. The van der Waals surface area contributed by atoms with Crippen LogP contribution in [0, 0.1) is 11.8 Å². The number of ether oxygens (including phenoxy) is 1. The predicted octanol–water partition coefficient (Wildman–Crippen LogP) is 2.21. The molecular formula is C17H26N2O2. The van der Waals surface area contributed by atoms with Gasteiger partial charge in [0.05, 0.1) is 12.5 Å². The minimum Gasteiger partial charge on any atom is -0.384 e.